The molecule has 0 saturated carbocycles. The molecule has 0 aliphatic rings. The van der Waals surface area contributed by atoms with Crippen molar-refractivity contribution in [2.75, 3.05) is 6.54 Å². The Morgan fingerprint density at radius 1 is 0.900 bits per heavy atom. The van der Waals surface area contributed by atoms with Crippen molar-refractivity contribution >= 4 is 44.6 Å². The van der Waals surface area contributed by atoms with Gasteiger partial charge in [-0.3, -0.25) is 9.59 Å². The van der Waals surface area contributed by atoms with E-state index in [9.17, 15) is 18.0 Å². The number of sulfone groups is 1. The number of hydrogen-bond acceptors (Lipinski definition) is 5. The van der Waals surface area contributed by atoms with Crippen LogP contribution in [0, 0.1) is 0 Å². The topological polar surface area (TPSA) is 92.3 Å². The van der Waals surface area contributed by atoms with Crippen molar-refractivity contribution in [3.05, 3.63) is 87.6 Å². The van der Waals surface area contributed by atoms with Gasteiger partial charge in [0, 0.05) is 23.0 Å². The van der Waals surface area contributed by atoms with Gasteiger partial charge in [-0.1, -0.05) is 48.0 Å². The van der Waals surface area contributed by atoms with Crippen LogP contribution in [0.3, 0.4) is 0 Å². The first-order valence-electron chi connectivity index (χ1n) is 9.01. The van der Waals surface area contributed by atoms with Crippen LogP contribution in [0.5, 0.6) is 0 Å². The van der Waals surface area contributed by atoms with Gasteiger partial charge in [-0.05, 0) is 41.3 Å². The number of halogens is 1. The average Bonchev–Trinajstić information content (AvgIpc) is 3.28. The maximum atomic E-state index is 13.1. The Morgan fingerprint density at radius 3 is 2.20 bits per heavy atom. The number of carbonyl (C=O) groups excluding carboxylic acids is 2. The third-order valence-corrected chi connectivity index (χ3v) is 7.81. The van der Waals surface area contributed by atoms with Gasteiger partial charge in [-0.25, -0.2) is 8.42 Å². The summed E-state index contributed by atoms with van der Waals surface area (Å²) < 4.78 is 26.2. The minimum Gasteiger partial charge on any atom is -0.346 e. The van der Waals surface area contributed by atoms with E-state index in [2.05, 4.69) is 10.6 Å². The molecule has 0 aliphatic heterocycles. The zero-order valence-electron chi connectivity index (χ0n) is 15.7. The van der Waals surface area contributed by atoms with Gasteiger partial charge in [0.05, 0.1) is 4.90 Å². The second-order valence-electron chi connectivity index (χ2n) is 6.38. The number of carbonyl (C=O) groups is 2. The SMILES string of the molecule is O=C(NCc1ccc(Cl)cc1)C(=O)NC[C@H](c1cccs1)S(=O)(=O)c1ccccc1. The maximum absolute atomic E-state index is 13.1. The highest BCUT2D eigenvalue weighted by atomic mass is 35.5. The third-order valence-electron chi connectivity index (χ3n) is 4.33. The summed E-state index contributed by atoms with van der Waals surface area (Å²) >= 11 is 7.10. The third kappa shape index (κ3) is 5.47. The lowest BCUT2D eigenvalue weighted by atomic mass is 10.2. The first-order chi connectivity index (χ1) is 14.4. The van der Waals surface area contributed by atoms with Gasteiger partial charge in [0.1, 0.15) is 5.25 Å². The number of benzene rings is 2. The van der Waals surface area contributed by atoms with Gasteiger partial charge < -0.3 is 10.6 Å². The Labute approximate surface area is 183 Å². The van der Waals surface area contributed by atoms with E-state index in [4.69, 9.17) is 11.6 Å². The number of nitrogens with one attached hydrogen (secondary N) is 2. The van der Waals surface area contributed by atoms with Crippen LogP contribution < -0.4 is 10.6 Å². The molecule has 0 saturated heterocycles. The molecule has 9 heteroatoms. The quantitative estimate of drug-likeness (QED) is 0.526. The van der Waals surface area contributed by atoms with Crippen LogP contribution in [0.15, 0.2) is 77.0 Å². The largest absolute Gasteiger partial charge is 0.346 e. The second-order valence-corrected chi connectivity index (χ2v) is 9.93. The smallest absolute Gasteiger partial charge is 0.309 e. The van der Waals surface area contributed by atoms with E-state index in [1.807, 2.05) is 0 Å². The molecule has 1 heterocycles. The fraction of sp³-hybridized carbons (Fsp3) is 0.143. The molecule has 0 bridgehead atoms. The number of hydrogen-bond donors (Lipinski definition) is 2. The molecule has 6 nitrogen and oxygen atoms in total. The first kappa shape index (κ1) is 22.0. The monoisotopic (exact) mass is 462 g/mol. The van der Waals surface area contributed by atoms with Crippen molar-refractivity contribution in [2.24, 2.45) is 0 Å². The Hall–Kier alpha value is -2.68. The molecular formula is C21H19ClN2O4S2. The molecule has 0 unspecified atom stereocenters. The van der Waals surface area contributed by atoms with Gasteiger partial charge in [-0.2, -0.15) is 0 Å². The normalized spacial score (nSPS) is 12.2. The Bertz CT molecular complexity index is 1100. The van der Waals surface area contributed by atoms with Gasteiger partial charge in [0.2, 0.25) is 0 Å². The zero-order chi connectivity index (χ0) is 21.6. The van der Waals surface area contributed by atoms with E-state index >= 15 is 0 Å². The average molecular weight is 463 g/mol. The minimum atomic E-state index is -3.75. The minimum absolute atomic E-state index is 0.153. The number of amides is 2. The summed E-state index contributed by atoms with van der Waals surface area (Å²) in [4.78, 5) is 25.1. The van der Waals surface area contributed by atoms with Gasteiger partial charge in [0.25, 0.3) is 0 Å². The molecule has 0 radical (unpaired) electrons. The van der Waals surface area contributed by atoms with E-state index in [0.29, 0.717) is 9.90 Å². The molecule has 1 atom stereocenters. The fourth-order valence-electron chi connectivity index (χ4n) is 2.74. The summed E-state index contributed by atoms with van der Waals surface area (Å²) in [6.07, 6.45) is 0. The molecule has 2 N–H and O–H groups in total. The van der Waals surface area contributed by atoms with Crippen LogP contribution in [0.1, 0.15) is 15.7 Å². The van der Waals surface area contributed by atoms with Crippen LogP contribution in [0.4, 0.5) is 0 Å². The Balaban J connectivity index is 1.66. The molecule has 0 spiro atoms. The molecule has 1 aromatic heterocycles. The molecule has 2 amide bonds. The second kappa shape index (κ2) is 9.88. The van der Waals surface area contributed by atoms with Gasteiger partial charge in [-0.15, -0.1) is 11.3 Å². The standard InChI is InChI=1S/C21H19ClN2O4S2/c22-16-10-8-15(9-11-16)13-23-20(25)21(26)24-14-19(18-7-4-12-29-18)30(27,28)17-5-2-1-3-6-17/h1-12,19H,13-14H2,(H,23,25)(H,24,26)/t19-/m1/s1. The van der Waals surface area contributed by atoms with Crippen molar-refractivity contribution in [2.45, 2.75) is 16.7 Å². The van der Waals surface area contributed by atoms with Gasteiger partial charge >= 0.3 is 11.8 Å². The van der Waals surface area contributed by atoms with E-state index < -0.39 is 26.9 Å². The number of thiophene rings is 1. The zero-order valence-corrected chi connectivity index (χ0v) is 18.1. The molecule has 30 heavy (non-hydrogen) atoms. The Kier molecular flexibility index (Phi) is 7.25. The highest BCUT2D eigenvalue weighted by Gasteiger charge is 2.31. The summed E-state index contributed by atoms with van der Waals surface area (Å²) in [5, 5.41) is 6.30. The summed E-state index contributed by atoms with van der Waals surface area (Å²) in [5.41, 5.74) is 0.781. The van der Waals surface area contributed by atoms with E-state index in [0.717, 1.165) is 5.56 Å². The molecule has 0 aliphatic carbocycles. The number of rotatable bonds is 7. The van der Waals surface area contributed by atoms with Crippen LogP contribution in [-0.2, 0) is 26.0 Å². The van der Waals surface area contributed by atoms with Crippen molar-refractivity contribution in [1.82, 2.24) is 10.6 Å². The van der Waals surface area contributed by atoms with Crippen molar-refractivity contribution in [3.8, 4) is 0 Å². The van der Waals surface area contributed by atoms with Gasteiger partial charge in [0.15, 0.2) is 9.84 Å². The molecule has 2 aromatic carbocycles. The van der Waals surface area contributed by atoms with Crippen LogP contribution in [0.25, 0.3) is 0 Å². The summed E-state index contributed by atoms with van der Waals surface area (Å²) in [7, 11) is -3.75. The lowest BCUT2D eigenvalue weighted by Gasteiger charge is -2.17. The predicted molar refractivity (Wildman–Crippen MR) is 117 cm³/mol. The molecule has 3 aromatic rings. The van der Waals surface area contributed by atoms with E-state index in [-0.39, 0.29) is 18.0 Å². The molecule has 3 rings (SSSR count). The predicted octanol–water partition coefficient (Wildman–Crippen LogP) is 3.35. The van der Waals surface area contributed by atoms with E-state index in [1.165, 1.54) is 23.5 Å². The summed E-state index contributed by atoms with van der Waals surface area (Å²) in [5.74, 6) is -1.74. The van der Waals surface area contributed by atoms with Crippen molar-refractivity contribution < 1.29 is 18.0 Å². The lowest BCUT2D eigenvalue weighted by molar-refractivity contribution is -0.139. The summed E-state index contributed by atoms with van der Waals surface area (Å²) in [6.45, 7) is -0.0645. The lowest BCUT2D eigenvalue weighted by Crippen LogP contribution is -2.42. The molecule has 0 fully saturated rings. The van der Waals surface area contributed by atoms with Crippen LogP contribution >= 0.6 is 22.9 Å². The molecule has 156 valence electrons. The summed E-state index contributed by atoms with van der Waals surface area (Å²) in [6, 6.07) is 18.3. The fourth-order valence-corrected chi connectivity index (χ4v) is 5.67. The van der Waals surface area contributed by atoms with Crippen molar-refractivity contribution in [1.29, 1.82) is 0 Å². The van der Waals surface area contributed by atoms with Crippen LogP contribution in [-0.4, -0.2) is 26.8 Å². The maximum Gasteiger partial charge on any atom is 0.309 e. The first-order valence-corrected chi connectivity index (χ1v) is 11.8. The highest BCUT2D eigenvalue weighted by molar-refractivity contribution is 7.91. The molecular weight excluding hydrogens is 444 g/mol. The highest BCUT2D eigenvalue weighted by Crippen LogP contribution is 2.31. The van der Waals surface area contributed by atoms with Crippen molar-refractivity contribution in [3.63, 3.8) is 0 Å². The van der Waals surface area contributed by atoms with E-state index in [1.54, 1.807) is 60.0 Å². The van der Waals surface area contributed by atoms with Crippen LogP contribution in [0.2, 0.25) is 5.02 Å². The Morgan fingerprint density at radius 2 is 1.57 bits per heavy atom.